The minimum Gasteiger partial charge on any atom is -0.487 e. The summed E-state index contributed by atoms with van der Waals surface area (Å²) in [5.74, 6) is 0.587. The van der Waals surface area contributed by atoms with Crippen molar-refractivity contribution in [3.05, 3.63) is 30.2 Å². The third-order valence-corrected chi connectivity index (χ3v) is 4.74. The number of aromatic amines is 1. The van der Waals surface area contributed by atoms with E-state index in [-0.39, 0.29) is 6.10 Å². The molecule has 4 rings (SSSR count). The molecule has 24 heavy (non-hydrogen) atoms. The van der Waals surface area contributed by atoms with E-state index in [0.717, 1.165) is 54.4 Å². The maximum atomic E-state index is 9.47. The summed E-state index contributed by atoms with van der Waals surface area (Å²) in [6, 6.07) is 6.06. The Morgan fingerprint density at radius 3 is 2.96 bits per heavy atom. The number of nitrogens with one attached hydrogen (secondary N) is 1. The molecule has 1 aliphatic heterocycles. The largest absolute Gasteiger partial charge is 0.487 e. The van der Waals surface area contributed by atoms with Crippen molar-refractivity contribution >= 4 is 21.9 Å². The van der Waals surface area contributed by atoms with Crippen LogP contribution < -0.4 is 4.74 Å². The van der Waals surface area contributed by atoms with E-state index in [9.17, 15) is 5.26 Å². The summed E-state index contributed by atoms with van der Waals surface area (Å²) in [7, 11) is 0. The first-order valence-corrected chi connectivity index (χ1v) is 8.34. The predicted molar refractivity (Wildman–Crippen MR) is 91.9 cm³/mol. The second kappa shape index (κ2) is 6.10. The number of nitrogens with zero attached hydrogens (tertiary/aromatic N) is 4. The lowest BCUT2D eigenvalue weighted by molar-refractivity contribution is 0.104. The van der Waals surface area contributed by atoms with Crippen molar-refractivity contribution in [2.45, 2.75) is 25.9 Å². The number of likely N-dealkylation sites (tertiary alicyclic amines) is 1. The summed E-state index contributed by atoms with van der Waals surface area (Å²) in [6.07, 6.45) is 5.49. The Hall–Kier alpha value is -2.65. The number of hydrogen-bond donors (Lipinski definition) is 1. The first-order chi connectivity index (χ1) is 11.8. The van der Waals surface area contributed by atoms with E-state index < -0.39 is 0 Å². The minimum absolute atomic E-state index is 0.119. The number of fused-ring (bicyclic) bond motifs is 3. The number of piperidine rings is 1. The molecular weight excluding hydrogens is 302 g/mol. The van der Waals surface area contributed by atoms with Gasteiger partial charge in [0, 0.05) is 24.7 Å². The van der Waals surface area contributed by atoms with E-state index in [0.29, 0.717) is 11.4 Å². The Balaban J connectivity index is 1.77. The lowest BCUT2D eigenvalue weighted by Gasteiger charge is -2.31. The fourth-order valence-corrected chi connectivity index (χ4v) is 3.39. The number of pyridine rings is 2. The van der Waals surface area contributed by atoms with Crippen molar-refractivity contribution in [3.8, 4) is 11.8 Å². The van der Waals surface area contributed by atoms with Gasteiger partial charge in [-0.15, -0.1) is 0 Å². The summed E-state index contributed by atoms with van der Waals surface area (Å²) in [4.78, 5) is 14.3. The maximum Gasteiger partial charge on any atom is 0.183 e. The number of aromatic nitrogens is 3. The lowest BCUT2D eigenvalue weighted by atomic mass is 10.1. The molecule has 0 bridgehead atoms. The number of ether oxygens (including phenoxy) is 1. The van der Waals surface area contributed by atoms with Crippen molar-refractivity contribution in [2.75, 3.05) is 19.6 Å². The molecule has 0 saturated carbocycles. The smallest absolute Gasteiger partial charge is 0.183 e. The van der Waals surface area contributed by atoms with Gasteiger partial charge < -0.3 is 14.6 Å². The van der Waals surface area contributed by atoms with Gasteiger partial charge in [0.25, 0.3) is 0 Å². The van der Waals surface area contributed by atoms with Crippen molar-refractivity contribution in [1.29, 1.82) is 5.26 Å². The maximum absolute atomic E-state index is 9.47. The second-order valence-electron chi connectivity index (χ2n) is 6.11. The zero-order chi connectivity index (χ0) is 16.5. The first kappa shape index (κ1) is 14.9. The van der Waals surface area contributed by atoms with Crippen molar-refractivity contribution in [2.24, 2.45) is 0 Å². The monoisotopic (exact) mass is 321 g/mol. The molecule has 6 nitrogen and oxygen atoms in total. The van der Waals surface area contributed by atoms with Crippen LogP contribution in [0.25, 0.3) is 21.9 Å². The summed E-state index contributed by atoms with van der Waals surface area (Å²) < 4.78 is 6.29. The highest BCUT2D eigenvalue weighted by atomic mass is 16.5. The minimum atomic E-state index is 0.119. The summed E-state index contributed by atoms with van der Waals surface area (Å²) >= 11 is 0. The number of nitriles is 1. The predicted octanol–water partition coefficient (Wildman–Crippen LogP) is 2.85. The van der Waals surface area contributed by atoms with Crippen LogP contribution in [0.1, 0.15) is 25.5 Å². The molecule has 0 atom stereocenters. The van der Waals surface area contributed by atoms with Crippen molar-refractivity contribution in [3.63, 3.8) is 0 Å². The molecule has 1 fully saturated rings. The van der Waals surface area contributed by atoms with E-state index in [4.69, 9.17) is 4.74 Å². The zero-order valence-electron chi connectivity index (χ0n) is 13.6. The van der Waals surface area contributed by atoms with Crippen LogP contribution in [0.2, 0.25) is 0 Å². The van der Waals surface area contributed by atoms with Crippen LogP contribution >= 0.6 is 0 Å². The van der Waals surface area contributed by atoms with Crippen molar-refractivity contribution < 1.29 is 4.74 Å². The number of hydrogen-bond acceptors (Lipinski definition) is 5. The van der Waals surface area contributed by atoms with Crippen LogP contribution in [0.5, 0.6) is 5.75 Å². The molecule has 0 amide bonds. The highest BCUT2D eigenvalue weighted by Crippen LogP contribution is 2.35. The van der Waals surface area contributed by atoms with Gasteiger partial charge in [-0.1, -0.05) is 6.92 Å². The molecule has 1 N–H and O–H groups in total. The number of H-pyrrole nitrogens is 1. The van der Waals surface area contributed by atoms with Gasteiger partial charge in [-0.25, -0.2) is 9.97 Å². The molecule has 0 aliphatic carbocycles. The van der Waals surface area contributed by atoms with Crippen LogP contribution in [-0.2, 0) is 0 Å². The molecule has 3 aromatic rings. The summed E-state index contributed by atoms with van der Waals surface area (Å²) in [5, 5.41) is 11.3. The lowest BCUT2D eigenvalue weighted by Crippen LogP contribution is -2.38. The normalized spacial score (nSPS) is 16.5. The van der Waals surface area contributed by atoms with Crippen LogP contribution in [0.3, 0.4) is 0 Å². The molecule has 0 radical (unpaired) electrons. The third kappa shape index (κ3) is 2.47. The Morgan fingerprint density at radius 2 is 2.21 bits per heavy atom. The zero-order valence-corrected chi connectivity index (χ0v) is 13.6. The Kier molecular flexibility index (Phi) is 3.79. The van der Waals surface area contributed by atoms with Crippen LogP contribution in [0.4, 0.5) is 0 Å². The van der Waals surface area contributed by atoms with E-state index >= 15 is 0 Å². The topological polar surface area (TPSA) is 77.8 Å². The quantitative estimate of drug-likeness (QED) is 0.802. The molecule has 4 heterocycles. The molecule has 3 aromatic heterocycles. The highest BCUT2D eigenvalue weighted by Gasteiger charge is 2.23. The second-order valence-corrected chi connectivity index (χ2v) is 6.11. The van der Waals surface area contributed by atoms with Crippen LogP contribution in [0, 0.1) is 11.3 Å². The van der Waals surface area contributed by atoms with Crippen LogP contribution in [0.15, 0.2) is 24.5 Å². The van der Waals surface area contributed by atoms with E-state index in [1.807, 2.05) is 12.1 Å². The molecule has 0 spiro atoms. The third-order valence-electron chi connectivity index (χ3n) is 4.74. The summed E-state index contributed by atoms with van der Waals surface area (Å²) in [5.41, 5.74) is 1.98. The molecule has 6 heteroatoms. The van der Waals surface area contributed by atoms with Gasteiger partial charge in [-0.3, -0.25) is 0 Å². The standard InChI is InChI=1S/C18H19N5O/c1-2-23-8-5-12(6-9-23)24-17-14(10-19)21-11-15-16(17)13-4-3-7-20-18(13)22-15/h3-4,7,11-12H,2,5-6,8-9H2,1H3,(H,20,22). The fourth-order valence-electron chi connectivity index (χ4n) is 3.39. The van der Waals surface area contributed by atoms with Gasteiger partial charge in [0.1, 0.15) is 17.8 Å². The van der Waals surface area contributed by atoms with E-state index in [1.54, 1.807) is 12.4 Å². The van der Waals surface area contributed by atoms with Gasteiger partial charge >= 0.3 is 0 Å². The van der Waals surface area contributed by atoms with Crippen molar-refractivity contribution in [1.82, 2.24) is 19.9 Å². The SMILES string of the molecule is CCN1CCC(Oc2c(C#N)ncc3[nH]c4ncccc4c23)CC1. The average molecular weight is 321 g/mol. The van der Waals surface area contributed by atoms with Gasteiger partial charge in [-0.05, 0) is 31.5 Å². The molecular formula is C18H19N5O. The fraction of sp³-hybridized carbons (Fsp3) is 0.389. The molecule has 122 valence electrons. The number of rotatable bonds is 3. The molecule has 1 saturated heterocycles. The average Bonchev–Trinajstić information content (AvgIpc) is 3.01. The first-order valence-electron chi connectivity index (χ1n) is 8.34. The van der Waals surface area contributed by atoms with Crippen LogP contribution in [-0.4, -0.2) is 45.6 Å². The van der Waals surface area contributed by atoms with Gasteiger partial charge in [0.2, 0.25) is 0 Å². The molecule has 1 aliphatic rings. The highest BCUT2D eigenvalue weighted by molar-refractivity contribution is 6.09. The molecule has 0 aromatic carbocycles. The van der Waals surface area contributed by atoms with E-state index in [1.165, 1.54) is 0 Å². The Morgan fingerprint density at radius 1 is 1.38 bits per heavy atom. The van der Waals surface area contributed by atoms with Gasteiger partial charge in [0.05, 0.1) is 17.1 Å². The molecule has 0 unspecified atom stereocenters. The Bertz CT molecular complexity index is 918. The summed E-state index contributed by atoms with van der Waals surface area (Å²) in [6.45, 7) is 5.31. The van der Waals surface area contributed by atoms with Gasteiger partial charge in [-0.2, -0.15) is 5.26 Å². The Labute approximate surface area is 140 Å². The van der Waals surface area contributed by atoms with E-state index in [2.05, 4.69) is 32.8 Å². The van der Waals surface area contributed by atoms with Gasteiger partial charge in [0.15, 0.2) is 11.4 Å².